The molecule has 0 radical (unpaired) electrons. The van der Waals surface area contributed by atoms with Crippen LogP contribution in [0.25, 0.3) is 0 Å². The largest absolute Gasteiger partial charge is 0.381 e. The van der Waals surface area contributed by atoms with Crippen LogP contribution in [0.4, 0.5) is 0 Å². The Morgan fingerprint density at radius 2 is 2.00 bits per heavy atom. The number of ether oxygens (including phenoxy) is 1. The Hall–Kier alpha value is -0.300. The SMILES string of the molecule is CC(C)CC=C1CCOCC1. The third-order valence-corrected chi connectivity index (χ3v) is 2.01. The third-order valence-electron chi connectivity index (χ3n) is 2.01. The molecule has 1 fully saturated rings. The van der Waals surface area contributed by atoms with Crippen molar-refractivity contribution in [3.05, 3.63) is 11.6 Å². The van der Waals surface area contributed by atoms with Crippen LogP contribution in [0, 0.1) is 5.92 Å². The van der Waals surface area contributed by atoms with Crippen LogP contribution in [-0.4, -0.2) is 13.2 Å². The minimum absolute atomic E-state index is 0.797. The van der Waals surface area contributed by atoms with Crippen molar-refractivity contribution in [3.63, 3.8) is 0 Å². The molecule has 0 aliphatic carbocycles. The van der Waals surface area contributed by atoms with Crippen LogP contribution in [0.15, 0.2) is 11.6 Å². The fourth-order valence-electron chi connectivity index (χ4n) is 1.24. The van der Waals surface area contributed by atoms with E-state index in [2.05, 4.69) is 19.9 Å². The third kappa shape index (κ3) is 3.57. The molecule has 0 aromatic rings. The molecule has 1 heteroatoms. The fraction of sp³-hybridized carbons (Fsp3) is 0.800. The first-order chi connectivity index (χ1) is 5.29. The minimum atomic E-state index is 0.797. The van der Waals surface area contributed by atoms with Gasteiger partial charge in [0.05, 0.1) is 13.2 Å². The first-order valence-electron chi connectivity index (χ1n) is 4.54. The maximum atomic E-state index is 5.27. The van der Waals surface area contributed by atoms with Crippen LogP contribution in [-0.2, 0) is 4.74 Å². The highest BCUT2D eigenvalue weighted by molar-refractivity contribution is 5.03. The lowest BCUT2D eigenvalue weighted by Crippen LogP contribution is -2.07. The molecule has 1 aliphatic heterocycles. The molecule has 1 nitrogen and oxygen atoms in total. The number of allylic oxidation sites excluding steroid dienone is 1. The van der Waals surface area contributed by atoms with E-state index in [0.717, 1.165) is 32.0 Å². The van der Waals surface area contributed by atoms with Gasteiger partial charge in [-0.15, -0.1) is 0 Å². The highest BCUT2D eigenvalue weighted by Gasteiger charge is 2.04. The van der Waals surface area contributed by atoms with E-state index >= 15 is 0 Å². The van der Waals surface area contributed by atoms with Gasteiger partial charge in [0.2, 0.25) is 0 Å². The fourth-order valence-corrected chi connectivity index (χ4v) is 1.24. The Morgan fingerprint density at radius 1 is 1.36 bits per heavy atom. The summed E-state index contributed by atoms with van der Waals surface area (Å²) in [5.74, 6) is 0.797. The van der Waals surface area contributed by atoms with Crippen LogP contribution in [0.2, 0.25) is 0 Å². The van der Waals surface area contributed by atoms with Crippen molar-refractivity contribution in [3.8, 4) is 0 Å². The van der Waals surface area contributed by atoms with Crippen molar-refractivity contribution in [2.24, 2.45) is 5.92 Å². The van der Waals surface area contributed by atoms with Gasteiger partial charge in [0.25, 0.3) is 0 Å². The summed E-state index contributed by atoms with van der Waals surface area (Å²) >= 11 is 0. The molecule has 0 N–H and O–H groups in total. The zero-order valence-corrected chi connectivity index (χ0v) is 7.60. The molecule has 1 rings (SSSR count). The molecular weight excluding hydrogens is 136 g/mol. The molecule has 64 valence electrons. The summed E-state index contributed by atoms with van der Waals surface area (Å²) in [7, 11) is 0. The van der Waals surface area contributed by atoms with Crippen molar-refractivity contribution in [1.82, 2.24) is 0 Å². The van der Waals surface area contributed by atoms with Crippen molar-refractivity contribution in [2.45, 2.75) is 33.1 Å². The van der Waals surface area contributed by atoms with Crippen molar-refractivity contribution < 1.29 is 4.74 Å². The number of rotatable bonds is 2. The van der Waals surface area contributed by atoms with Gasteiger partial charge in [-0.05, 0) is 25.2 Å². The van der Waals surface area contributed by atoms with Crippen molar-refractivity contribution in [2.75, 3.05) is 13.2 Å². The lowest BCUT2D eigenvalue weighted by molar-refractivity contribution is 0.119. The summed E-state index contributed by atoms with van der Waals surface area (Å²) in [5, 5.41) is 0. The van der Waals surface area contributed by atoms with E-state index in [1.807, 2.05) is 0 Å². The van der Waals surface area contributed by atoms with Gasteiger partial charge in [-0.3, -0.25) is 0 Å². The second kappa shape index (κ2) is 4.55. The van der Waals surface area contributed by atoms with Crippen LogP contribution < -0.4 is 0 Å². The van der Waals surface area contributed by atoms with Gasteiger partial charge in [0.15, 0.2) is 0 Å². The van der Waals surface area contributed by atoms with Gasteiger partial charge in [-0.1, -0.05) is 25.5 Å². The lowest BCUT2D eigenvalue weighted by Gasteiger charge is -2.14. The molecule has 1 heterocycles. The highest BCUT2D eigenvalue weighted by atomic mass is 16.5. The van der Waals surface area contributed by atoms with Crippen LogP contribution in [0.5, 0.6) is 0 Å². The average molecular weight is 154 g/mol. The zero-order valence-electron chi connectivity index (χ0n) is 7.60. The number of hydrogen-bond acceptors (Lipinski definition) is 1. The molecule has 0 bridgehead atoms. The van der Waals surface area contributed by atoms with Crippen LogP contribution >= 0.6 is 0 Å². The van der Waals surface area contributed by atoms with E-state index in [1.165, 1.54) is 6.42 Å². The highest BCUT2D eigenvalue weighted by Crippen LogP contribution is 2.15. The first-order valence-corrected chi connectivity index (χ1v) is 4.54. The van der Waals surface area contributed by atoms with E-state index in [9.17, 15) is 0 Å². The van der Waals surface area contributed by atoms with Gasteiger partial charge < -0.3 is 4.74 Å². The van der Waals surface area contributed by atoms with E-state index < -0.39 is 0 Å². The Bertz CT molecular complexity index is 128. The van der Waals surface area contributed by atoms with Crippen LogP contribution in [0.3, 0.4) is 0 Å². The molecule has 1 saturated heterocycles. The van der Waals surface area contributed by atoms with Crippen LogP contribution in [0.1, 0.15) is 33.1 Å². The molecule has 0 atom stereocenters. The summed E-state index contributed by atoms with van der Waals surface area (Å²) in [6.45, 7) is 6.39. The summed E-state index contributed by atoms with van der Waals surface area (Å²) in [4.78, 5) is 0. The predicted molar refractivity (Wildman–Crippen MR) is 47.6 cm³/mol. The van der Waals surface area contributed by atoms with Gasteiger partial charge in [0.1, 0.15) is 0 Å². The smallest absolute Gasteiger partial charge is 0.0503 e. The molecule has 1 aliphatic rings. The Morgan fingerprint density at radius 3 is 2.55 bits per heavy atom. The maximum Gasteiger partial charge on any atom is 0.0503 e. The monoisotopic (exact) mass is 154 g/mol. The lowest BCUT2D eigenvalue weighted by atomic mass is 10.0. The van der Waals surface area contributed by atoms with Gasteiger partial charge in [-0.25, -0.2) is 0 Å². The Balaban J connectivity index is 2.26. The van der Waals surface area contributed by atoms with E-state index in [-0.39, 0.29) is 0 Å². The summed E-state index contributed by atoms with van der Waals surface area (Å²) in [6.07, 6.45) is 5.95. The summed E-state index contributed by atoms with van der Waals surface area (Å²) in [5.41, 5.74) is 1.60. The topological polar surface area (TPSA) is 9.23 Å². The molecule has 0 amide bonds. The van der Waals surface area contributed by atoms with E-state index in [1.54, 1.807) is 5.57 Å². The normalized spacial score (nSPS) is 19.0. The van der Waals surface area contributed by atoms with Crippen molar-refractivity contribution >= 4 is 0 Å². The molecule has 0 unspecified atom stereocenters. The van der Waals surface area contributed by atoms with Gasteiger partial charge >= 0.3 is 0 Å². The number of hydrogen-bond donors (Lipinski definition) is 0. The maximum absolute atomic E-state index is 5.27. The second-order valence-electron chi connectivity index (χ2n) is 3.60. The first kappa shape index (κ1) is 8.79. The van der Waals surface area contributed by atoms with Gasteiger partial charge in [-0.2, -0.15) is 0 Å². The van der Waals surface area contributed by atoms with Gasteiger partial charge in [0, 0.05) is 0 Å². The zero-order chi connectivity index (χ0) is 8.10. The Labute approximate surface area is 69.4 Å². The molecule has 0 aromatic carbocycles. The average Bonchev–Trinajstić information content (AvgIpc) is 2.03. The summed E-state index contributed by atoms with van der Waals surface area (Å²) < 4.78 is 5.27. The van der Waals surface area contributed by atoms with E-state index in [0.29, 0.717) is 0 Å². The van der Waals surface area contributed by atoms with Crippen molar-refractivity contribution in [1.29, 1.82) is 0 Å². The molecule has 0 saturated carbocycles. The summed E-state index contributed by atoms with van der Waals surface area (Å²) in [6, 6.07) is 0. The molecule has 0 aromatic heterocycles. The quantitative estimate of drug-likeness (QED) is 0.556. The second-order valence-corrected chi connectivity index (χ2v) is 3.60. The Kier molecular flexibility index (Phi) is 3.64. The minimum Gasteiger partial charge on any atom is -0.381 e. The predicted octanol–water partition coefficient (Wildman–Crippen LogP) is 2.77. The molecule has 11 heavy (non-hydrogen) atoms. The molecular formula is C10H18O. The van der Waals surface area contributed by atoms with E-state index in [4.69, 9.17) is 4.74 Å². The molecule has 0 spiro atoms. The standard InChI is InChI=1S/C10H18O/c1-9(2)3-4-10-5-7-11-8-6-10/h4,9H,3,5-8H2,1-2H3.